The first kappa shape index (κ1) is 13.0. The summed E-state index contributed by atoms with van der Waals surface area (Å²) in [7, 11) is 0. The van der Waals surface area contributed by atoms with Crippen LogP contribution in [0.4, 0.5) is 0 Å². The van der Waals surface area contributed by atoms with Crippen molar-refractivity contribution in [2.24, 2.45) is 17.8 Å². The highest BCUT2D eigenvalue weighted by atomic mass is 32.1. The van der Waals surface area contributed by atoms with Crippen molar-refractivity contribution >= 4 is 18.4 Å². The standard InChI is InChI=1S/C11H22OS/c1-8(2)7-10(5-6-13)11(12)9(3)4/h8-10,13H,5-7H2,1-4H3. The van der Waals surface area contributed by atoms with Crippen LogP contribution in [0.5, 0.6) is 0 Å². The van der Waals surface area contributed by atoms with E-state index in [1.165, 1.54) is 0 Å². The highest BCUT2D eigenvalue weighted by Gasteiger charge is 2.21. The van der Waals surface area contributed by atoms with Gasteiger partial charge in [-0.2, -0.15) is 12.6 Å². The maximum Gasteiger partial charge on any atom is 0.138 e. The van der Waals surface area contributed by atoms with E-state index >= 15 is 0 Å². The van der Waals surface area contributed by atoms with Crippen molar-refractivity contribution in [3.05, 3.63) is 0 Å². The molecule has 0 rings (SSSR count). The van der Waals surface area contributed by atoms with Crippen LogP contribution < -0.4 is 0 Å². The molecule has 0 heterocycles. The molecule has 1 atom stereocenters. The van der Waals surface area contributed by atoms with Crippen molar-refractivity contribution < 1.29 is 4.79 Å². The summed E-state index contributed by atoms with van der Waals surface area (Å²) in [5.74, 6) is 2.23. The van der Waals surface area contributed by atoms with Gasteiger partial charge in [-0.25, -0.2) is 0 Å². The first-order chi connectivity index (χ1) is 5.99. The third-order valence-electron chi connectivity index (χ3n) is 2.20. The number of carbonyl (C=O) groups excluding carboxylic acids is 1. The second-order valence-corrected chi connectivity index (χ2v) is 4.84. The largest absolute Gasteiger partial charge is 0.299 e. The van der Waals surface area contributed by atoms with Gasteiger partial charge in [-0.1, -0.05) is 27.7 Å². The van der Waals surface area contributed by atoms with E-state index in [4.69, 9.17) is 0 Å². The number of Topliss-reactive ketones (excluding diaryl/α,β-unsaturated/α-hetero) is 1. The molecule has 13 heavy (non-hydrogen) atoms. The fourth-order valence-electron chi connectivity index (χ4n) is 1.57. The number of hydrogen-bond donors (Lipinski definition) is 1. The number of thiol groups is 1. The Morgan fingerprint density at radius 2 is 1.77 bits per heavy atom. The molecule has 0 aromatic heterocycles. The molecular weight excluding hydrogens is 180 g/mol. The third-order valence-corrected chi connectivity index (χ3v) is 2.46. The predicted octanol–water partition coefficient (Wildman–Crippen LogP) is 3.19. The Kier molecular flexibility index (Phi) is 6.48. The molecule has 0 amide bonds. The molecule has 0 N–H and O–H groups in total. The van der Waals surface area contributed by atoms with E-state index in [9.17, 15) is 4.79 Å². The third kappa shape index (κ3) is 5.35. The lowest BCUT2D eigenvalue weighted by atomic mass is 9.86. The highest BCUT2D eigenvalue weighted by Crippen LogP contribution is 2.20. The molecule has 0 saturated heterocycles. The molecule has 2 heteroatoms. The molecule has 0 bridgehead atoms. The van der Waals surface area contributed by atoms with Crippen molar-refractivity contribution in [1.29, 1.82) is 0 Å². The summed E-state index contributed by atoms with van der Waals surface area (Å²) in [6.45, 7) is 8.29. The first-order valence-electron chi connectivity index (χ1n) is 5.13. The SMILES string of the molecule is CC(C)CC(CCS)C(=O)C(C)C. The molecule has 0 fully saturated rings. The average Bonchev–Trinajstić information content (AvgIpc) is 2.01. The molecule has 78 valence electrons. The number of hydrogen-bond acceptors (Lipinski definition) is 2. The Hall–Kier alpha value is 0.0200. The maximum atomic E-state index is 11.7. The van der Waals surface area contributed by atoms with Crippen molar-refractivity contribution in [1.82, 2.24) is 0 Å². The molecule has 0 spiro atoms. The van der Waals surface area contributed by atoms with Gasteiger partial charge in [0.25, 0.3) is 0 Å². The topological polar surface area (TPSA) is 17.1 Å². The van der Waals surface area contributed by atoms with E-state index in [-0.39, 0.29) is 11.8 Å². The smallest absolute Gasteiger partial charge is 0.138 e. The number of ketones is 1. The van der Waals surface area contributed by atoms with E-state index in [0.717, 1.165) is 18.6 Å². The van der Waals surface area contributed by atoms with Gasteiger partial charge in [0.15, 0.2) is 0 Å². The second kappa shape index (κ2) is 6.47. The van der Waals surface area contributed by atoms with Crippen molar-refractivity contribution in [2.75, 3.05) is 5.75 Å². The zero-order valence-corrected chi connectivity index (χ0v) is 10.1. The van der Waals surface area contributed by atoms with Gasteiger partial charge in [-0.3, -0.25) is 4.79 Å². The van der Waals surface area contributed by atoms with Gasteiger partial charge in [-0.05, 0) is 24.5 Å². The lowest BCUT2D eigenvalue weighted by molar-refractivity contribution is -0.126. The van der Waals surface area contributed by atoms with Crippen LogP contribution in [0.25, 0.3) is 0 Å². The number of carbonyl (C=O) groups is 1. The summed E-state index contributed by atoms with van der Waals surface area (Å²) in [5.41, 5.74) is 0. The summed E-state index contributed by atoms with van der Waals surface area (Å²) < 4.78 is 0. The molecule has 0 aromatic rings. The van der Waals surface area contributed by atoms with Crippen LogP contribution in [-0.2, 0) is 4.79 Å². The Balaban J connectivity index is 4.15. The minimum atomic E-state index is 0.170. The average molecular weight is 202 g/mol. The van der Waals surface area contributed by atoms with Gasteiger partial charge in [0.1, 0.15) is 5.78 Å². The fraction of sp³-hybridized carbons (Fsp3) is 0.909. The van der Waals surface area contributed by atoms with Gasteiger partial charge in [0, 0.05) is 11.8 Å². The van der Waals surface area contributed by atoms with E-state index in [1.807, 2.05) is 13.8 Å². The van der Waals surface area contributed by atoms with Crippen molar-refractivity contribution in [2.45, 2.75) is 40.5 Å². The number of rotatable bonds is 6. The van der Waals surface area contributed by atoms with Crippen LogP contribution >= 0.6 is 12.6 Å². The van der Waals surface area contributed by atoms with Gasteiger partial charge in [0.05, 0.1) is 0 Å². The molecule has 1 nitrogen and oxygen atoms in total. The van der Waals surface area contributed by atoms with Gasteiger partial charge in [-0.15, -0.1) is 0 Å². The maximum absolute atomic E-state index is 11.7. The zero-order chi connectivity index (χ0) is 10.4. The minimum Gasteiger partial charge on any atom is -0.299 e. The summed E-state index contributed by atoms with van der Waals surface area (Å²) >= 11 is 4.19. The Bertz CT molecular complexity index is 152. The summed E-state index contributed by atoms with van der Waals surface area (Å²) in [5, 5.41) is 0. The lowest BCUT2D eigenvalue weighted by Gasteiger charge is -2.18. The van der Waals surface area contributed by atoms with Crippen LogP contribution in [0, 0.1) is 17.8 Å². The van der Waals surface area contributed by atoms with Crippen LogP contribution in [0.15, 0.2) is 0 Å². The van der Waals surface area contributed by atoms with E-state index in [0.29, 0.717) is 11.7 Å². The molecule has 1 unspecified atom stereocenters. The van der Waals surface area contributed by atoms with E-state index in [1.54, 1.807) is 0 Å². The molecule has 0 aliphatic rings. The van der Waals surface area contributed by atoms with Crippen LogP contribution in [-0.4, -0.2) is 11.5 Å². The lowest BCUT2D eigenvalue weighted by Crippen LogP contribution is -2.22. The first-order valence-corrected chi connectivity index (χ1v) is 5.76. The molecule has 0 saturated carbocycles. The van der Waals surface area contributed by atoms with Crippen LogP contribution in [0.1, 0.15) is 40.5 Å². The minimum absolute atomic E-state index is 0.170. The van der Waals surface area contributed by atoms with E-state index < -0.39 is 0 Å². The normalized spacial score (nSPS) is 13.8. The fourth-order valence-corrected chi connectivity index (χ4v) is 1.88. The monoisotopic (exact) mass is 202 g/mol. The summed E-state index contributed by atoms with van der Waals surface area (Å²) in [6.07, 6.45) is 1.94. The quantitative estimate of drug-likeness (QED) is 0.655. The molecule has 0 aliphatic carbocycles. The predicted molar refractivity (Wildman–Crippen MR) is 61.3 cm³/mol. The van der Waals surface area contributed by atoms with Gasteiger partial charge >= 0.3 is 0 Å². The van der Waals surface area contributed by atoms with Crippen molar-refractivity contribution in [3.8, 4) is 0 Å². The van der Waals surface area contributed by atoms with E-state index in [2.05, 4.69) is 26.5 Å². The van der Waals surface area contributed by atoms with Crippen LogP contribution in [0.3, 0.4) is 0 Å². The summed E-state index contributed by atoms with van der Waals surface area (Å²) in [6, 6.07) is 0. The molecule has 0 aromatic carbocycles. The Labute approximate surface area is 87.7 Å². The van der Waals surface area contributed by atoms with Gasteiger partial charge in [0.2, 0.25) is 0 Å². The molecule has 0 radical (unpaired) electrons. The van der Waals surface area contributed by atoms with Gasteiger partial charge < -0.3 is 0 Å². The zero-order valence-electron chi connectivity index (χ0n) is 9.21. The highest BCUT2D eigenvalue weighted by molar-refractivity contribution is 7.80. The Morgan fingerprint density at radius 1 is 1.23 bits per heavy atom. The Morgan fingerprint density at radius 3 is 2.08 bits per heavy atom. The summed E-state index contributed by atoms with van der Waals surface area (Å²) in [4.78, 5) is 11.7. The van der Waals surface area contributed by atoms with Crippen LogP contribution in [0.2, 0.25) is 0 Å². The second-order valence-electron chi connectivity index (χ2n) is 4.40. The molecule has 0 aliphatic heterocycles. The van der Waals surface area contributed by atoms with Crippen molar-refractivity contribution in [3.63, 3.8) is 0 Å². The molecular formula is C11H22OS.